The van der Waals surface area contributed by atoms with Gasteiger partial charge in [0.25, 0.3) is 0 Å². The standard InChI is InChI=1S/C14H14N4O4/c19-12-9-5-18(7-14(9,6-15-12)13(20)21)4-8-1-2-10-11(3-8)17-22-16-10/h1-3,9H,4-7H2,(H,15,19)(H,20,21)/t9-,14+/m0/s1. The summed E-state index contributed by atoms with van der Waals surface area (Å²) in [5.74, 6) is -1.56. The van der Waals surface area contributed by atoms with Crippen molar-refractivity contribution in [2.24, 2.45) is 11.3 Å². The Kier molecular flexibility index (Phi) is 2.70. The smallest absolute Gasteiger partial charge is 0.313 e. The molecule has 0 aliphatic carbocycles. The van der Waals surface area contributed by atoms with Gasteiger partial charge >= 0.3 is 5.97 Å². The number of fused-ring (bicyclic) bond motifs is 2. The molecule has 3 heterocycles. The molecule has 0 bridgehead atoms. The number of carboxylic acid groups (broad SMARTS) is 1. The summed E-state index contributed by atoms with van der Waals surface area (Å²) in [5, 5.41) is 19.8. The van der Waals surface area contributed by atoms with Gasteiger partial charge in [0.2, 0.25) is 5.91 Å². The molecule has 1 amide bonds. The van der Waals surface area contributed by atoms with Crippen molar-refractivity contribution in [3.8, 4) is 0 Å². The molecule has 8 nitrogen and oxygen atoms in total. The van der Waals surface area contributed by atoms with Gasteiger partial charge in [0.05, 0.1) is 5.92 Å². The van der Waals surface area contributed by atoms with E-state index in [1.54, 1.807) is 0 Å². The Morgan fingerprint density at radius 3 is 3.05 bits per heavy atom. The number of carbonyl (C=O) groups excluding carboxylic acids is 1. The maximum atomic E-state index is 11.9. The van der Waals surface area contributed by atoms with Crippen LogP contribution in [0.2, 0.25) is 0 Å². The van der Waals surface area contributed by atoms with Crippen LogP contribution in [-0.4, -0.2) is 51.8 Å². The first-order chi connectivity index (χ1) is 10.6. The van der Waals surface area contributed by atoms with Gasteiger partial charge in [-0.3, -0.25) is 14.5 Å². The molecule has 0 saturated carbocycles. The summed E-state index contributed by atoms with van der Waals surface area (Å²) in [4.78, 5) is 25.5. The highest BCUT2D eigenvalue weighted by atomic mass is 16.6. The van der Waals surface area contributed by atoms with Crippen molar-refractivity contribution < 1.29 is 19.3 Å². The van der Waals surface area contributed by atoms with Crippen LogP contribution in [0.3, 0.4) is 0 Å². The van der Waals surface area contributed by atoms with Crippen LogP contribution in [-0.2, 0) is 16.1 Å². The van der Waals surface area contributed by atoms with Gasteiger partial charge in [-0.25, -0.2) is 4.63 Å². The summed E-state index contributed by atoms with van der Waals surface area (Å²) in [6.45, 7) is 1.59. The monoisotopic (exact) mass is 302 g/mol. The predicted octanol–water partition coefficient (Wildman–Crippen LogP) is -0.145. The van der Waals surface area contributed by atoms with Crippen LogP contribution in [0.1, 0.15) is 5.56 Å². The van der Waals surface area contributed by atoms with Gasteiger partial charge in [-0.15, -0.1) is 0 Å². The number of likely N-dealkylation sites (tertiary alicyclic amines) is 1. The second-order valence-corrected chi connectivity index (χ2v) is 5.99. The van der Waals surface area contributed by atoms with E-state index >= 15 is 0 Å². The number of rotatable bonds is 3. The van der Waals surface area contributed by atoms with E-state index in [1.807, 2.05) is 23.1 Å². The van der Waals surface area contributed by atoms with Crippen molar-refractivity contribution in [2.75, 3.05) is 19.6 Å². The van der Waals surface area contributed by atoms with Crippen molar-refractivity contribution in [3.05, 3.63) is 23.8 Å². The van der Waals surface area contributed by atoms with Gasteiger partial charge < -0.3 is 10.4 Å². The van der Waals surface area contributed by atoms with Gasteiger partial charge in [0.15, 0.2) is 0 Å². The van der Waals surface area contributed by atoms with Gasteiger partial charge in [0, 0.05) is 26.2 Å². The molecule has 2 aliphatic rings. The number of hydrogen-bond donors (Lipinski definition) is 2. The van der Waals surface area contributed by atoms with Gasteiger partial charge in [-0.1, -0.05) is 6.07 Å². The van der Waals surface area contributed by atoms with Crippen LogP contribution < -0.4 is 5.32 Å². The van der Waals surface area contributed by atoms with Crippen LogP contribution in [0.4, 0.5) is 0 Å². The first kappa shape index (κ1) is 13.2. The zero-order chi connectivity index (χ0) is 15.3. The second-order valence-electron chi connectivity index (χ2n) is 5.99. The number of hydrogen-bond acceptors (Lipinski definition) is 6. The average molecular weight is 302 g/mol. The highest BCUT2D eigenvalue weighted by molar-refractivity contribution is 5.92. The van der Waals surface area contributed by atoms with Crippen molar-refractivity contribution in [3.63, 3.8) is 0 Å². The van der Waals surface area contributed by atoms with E-state index in [9.17, 15) is 14.7 Å². The normalized spacial score (nSPS) is 28.0. The van der Waals surface area contributed by atoms with E-state index in [-0.39, 0.29) is 12.5 Å². The lowest BCUT2D eigenvalue weighted by Gasteiger charge is -2.21. The van der Waals surface area contributed by atoms with Gasteiger partial charge in [-0.2, -0.15) is 0 Å². The number of carbonyl (C=O) groups is 2. The third-order valence-corrected chi connectivity index (χ3v) is 4.66. The summed E-state index contributed by atoms with van der Waals surface area (Å²) in [6, 6.07) is 5.60. The van der Waals surface area contributed by atoms with E-state index in [0.29, 0.717) is 30.7 Å². The minimum atomic E-state index is -1.00. The number of carboxylic acids is 1. The molecule has 0 radical (unpaired) electrons. The van der Waals surface area contributed by atoms with E-state index in [1.165, 1.54) is 0 Å². The molecule has 2 aromatic rings. The molecule has 4 rings (SSSR count). The van der Waals surface area contributed by atoms with Crippen molar-refractivity contribution in [1.82, 2.24) is 20.5 Å². The molecule has 2 N–H and O–H groups in total. The van der Waals surface area contributed by atoms with E-state index in [4.69, 9.17) is 0 Å². The van der Waals surface area contributed by atoms with Gasteiger partial charge in [0.1, 0.15) is 16.4 Å². The number of nitrogens with one attached hydrogen (secondary N) is 1. The number of aliphatic carboxylic acids is 1. The molecule has 2 atom stereocenters. The minimum Gasteiger partial charge on any atom is -0.481 e. The van der Waals surface area contributed by atoms with Crippen LogP contribution in [0.5, 0.6) is 0 Å². The summed E-state index contributed by atoms with van der Waals surface area (Å²) < 4.78 is 4.67. The molecule has 2 saturated heterocycles. The number of benzene rings is 1. The zero-order valence-electron chi connectivity index (χ0n) is 11.7. The highest BCUT2D eigenvalue weighted by Crippen LogP contribution is 2.40. The first-order valence-electron chi connectivity index (χ1n) is 7.03. The Balaban J connectivity index is 1.57. The minimum absolute atomic E-state index is 0.166. The largest absolute Gasteiger partial charge is 0.481 e. The van der Waals surface area contributed by atoms with E-state index < -0.39 is 17.3 Å². The lowest BCUT2D eigenvalue weighted by Crippen LogP contribution is -2.40. The molecule has 1 aromatic heterocycles. The quantitative estimate of drug-likeness (QED) is 0.812. The Morgan fingerprint density at radius 2 is 2.27 bits per heavy atom. The van der Waals surface area contributed by atoms with Crippen molar-refractivity contribution >= 4 is 22.9 Å². The van der Waals surface area contributed by atoms with Crippen LogP contribution in [0.15, 0.2) is 22.8 Å². The maximum Gasteiger partial charge on any atom is 0.313 e. The number of aromatic nitrogens is 2. The molecule has 22 heavy (non-hydrogen) atoms. The molecule has 114 valence electrons. The Labute approximate surface area is 125 Å². The molecular weight excluding hydrogens is 288 g/mol. The summed E-state index contributed by atoms with van der Waals surface area (Å²) >= 11 is 0. The molecule has 0 spiro atoms. The summed E-state index contributed by atoms with van der Waals surface area (Å²) in [5.41, 5.74) is 1.34. The summed E-state index contributed by atoms with van der Waals surface area (Å²) in [6.07, 6.45) is 0. The van der Waals surface area contributed by atoms with Gasteiger partial charge in [-0.05, 0) is 28.0 Å². The molecule has 8 heteroatoms. The first-order valence-corrected chi connectivity index (χ1v) is 7.03. The third-order valence-electron chi connectivity index (χ3n) is 4.66. The van der Waals surface area contributed by atoms with E-state index in [2.05, 4.69) is 20.3 Å². The Bertz CT molecular complexity index is 773. The molecule has 2 fully saturated rings. The second kappa shape index (κ2) is 4.51. The zero-order valence-corrected chi connectivity index (χ0v) is 11.7. The van der Waals surface area contributed by atoms with E-state index in [0.717, 1.165) is 5.56 Å². The van der Waals surface area contributed by atoms with Crippen LogP contribution in [0, 0.1) is 11.3 Å². The topological polar surface area (TPSA) is 109 Å². The lowest BCUT2D eigenvalue weighted by molar-refractivity contribution is -0.149. The van der Waals surface area contributed by atoms with Crippen LogP contribution >= 0.6 is 0 Å². The maximum absolute atomic E-state index is 11.9. The SMILES string of the molecule is O=C1NC[C@@]2(C(=O)O)CN(Cc3ccc4nonc4c3)C[C@@H]12. The molecule has 2 aliphatic heterocycles. The molecule has 1 aromatic carbocycles. The lowest BCUT2D eigenvalue weighted by atomic mass is 9.81. The van der Waals surface area contributed by atoms with Crippen LogP contribution in [0.25, 0.3) is 11.0 Å². The summed E-state index contributed by atoms with van der Waals surface area (Å²) in [7, 11) is 0. The molecule has 0 unspecified atom stereocenters. The van der Waals surface area contributed by atoms with Crippen molar-refractivity contribution in [2.45, 2.75) is 6.54 Å². The number of nitrogens with zero attached hydrogens (tertiary/aromatic N) is 3. The highest BCUT2D eigenvalue weighted by Gasteiger charge is 2.59. The predicted molar refractivity (Wildman–Crippen MR) is 73.6 cm³/mol. The third kappa shape index (κ3) is 1.80. The molecular formula is C14H14N4O4. The average Bonchev–Trinajstić information content (AvgIpc) is 3.15. The fraction of sp³-hybridized carbons (Fsp3) is 0.429. The Morgan fingerprint density at radius 1 is 1.45 bits per heavy atom. The fourth-order valence-corrected chi connectivity index (χ4v) is 3.48. The Hall–Kier alpha value is -2.48. The van der Waals surface area contributed by atoms with Crippen molar-refractivity contribution in [1.29, 1.82) is 0 Å². The number of amides is 1. The fourth-order valence-electron chi connectivity index (χ4n) is 3.48.